The van der Waals surface area contributed by atoms with Gasteiger partial charge < -0.3 is 14.6 Å². The average Bonchev–Trinajstić information content (AvgIpc) is 2.78. The van der Waals surface area contributed by atoms with Crippen LogP contribution >= 0.6 is 0 Å². The maximum Gasteiger partial charge on any atom is 0.124 e. The van der Waals surface area contributed by atoms with Crippen LogP contribution in [0, 0.1) is 0 Å². The van der Waals surface area contributed by atoms with E-state index in [1.807, 2.05) is 24.3 Å². The fraction of sp³-hybridized carbons (Fsp3) is 0.600. The van der Waals surface area contributed by atoms with Gasteiger partial charge in [0, 0.05) is 25.2 Å². The van der Waals surface area contributed by atoms with E-state index >= 15 is 0 Å². The zero-order chi connectivity index (χ0) is 13.2. The maximum atomic E-state index is 10.4. The molecule has 3 unspecified atom stereocenters. The second-order valence-electron chi connectivity index (χ2n) is 5.43. The highest BCUT2D eigenvalue weighted by atomic mass is 16.5. The van der Waals surface area contributed by atoms with Gasteiger partial charge in [0.05, 0.1) is 25.4 Å². The van der Waals surface area contributed by atoms with E-state index in [1.54, 1.807) is 7.11 Å². The summed E-state index contributed by atoms with van der Waals surface area (Å²) in [6.45, 7) is 2.52. The highest BCUT2D eigenvalue weighted by Crippen LogP contribution is 2.29. The molecule has 0 aliphatic carbocycles. The van der Waals surface area contributed by atoms with Gasteiger partial charge in [-0.05, 0) is 18.9 Å². The number of hydrogen-bond acceptors (Lipinski definition) is 4. The molecule has 4 nitrogen and oxygen atoms in total. The lowest BCUT2D eigenvalue weighted by Gasteiger charge is -2.33. The lowest BCUT2D eigenvalue weighted by atomic mass is 10.1. The predicted octanol–water partition coefficient (Wildman–Crippen LogP) is 1.59. The highest BCUT2D eigenvalue weighted by Gasteiger charge is 2.34. The molecule has 0 spiro atoms. The summed E-state index contributed by atoms with van der Waals surface area (Å²) in [6, 6.07) is 7.67. The molecular weight excluding hydrogens is 242 g/mol. The number of hydrogen-bond donors (Lipinski definition) is 1. The van der Waals surface area contributed by atoms with Crippen molar-refractivity contribution in [1.82, 2.24) is 4.90 Å². The van der Waals surface area contributed by atoms with E-state index in [-0.39, 0.29) is 0 Å². The number of methoxy groups -OCH3 is 1. The zero-order valence-electron chi connectivity index (χ0n) is 11.3. The first-order chi connectivity index (χ1) is 9.26. The topological polar surface area (TPSA) is 41.9 Å². The Labute approximate surface area is 113 Å². The third-order valence-electron chi connectivity index (χ3n) is 4.05. The first-order valence-electron chi connectivity index (χ1n) is 6.95. The number of β-amino-alcohol motifs (C(OH)–C–C–N with tert-alkyl or cyclic N) is 1. The van der Waals surface area contributed by atoms with E-state index in [4.69, 9.17) is 9.47 Å². The molecule has 0 radical (unpaired) electrons. The second-order valence-corrected chi connectivity index (χ2v) is 5.43. The van der Waals surface area contributed by atoms with E-state index in [9.17, 15) is 5.11 Å². The fourth-order valence-electron chi connectivity index (χ4n) is 3.13. The Morgan fingerprint density at radius 2 is 2.00 bits per heavy atom. The molecular formula is C15H21NO3. The second kappa shape index (κ2) is 5.49. The molecule has 2 saturated heterocycles. The quantitative estimate of drug-likeness (QED) is 0.896. The fourth-order valence-corrected chi connectivity index (χ4v) is 3.13. The molecule has 0 amide bonds. The molecule has 0 aromatic heterocycles. The van der Waals surface area contributed by atoms with Gasteiger partial charge in [-0.15, -0.1) is 0 Å². The molecule has 2 aliphatic rings. The van der Waals surface area contributed by atoms with Crippen molar-refractivity contribution >= 4 is 0 Å². The molecule has 1 N–H and O–H groups in total. The Hall–Kier alpha value is -1.10. The summed E-state index contributed by atoms with van der Waals surface area (Å²) in [5, 5.41) is 10.4. The van der Waals surface area contributed by atoms with Crippen LogP contribution in [0.1, 0.15) is 24.5 Å². The lowest BCUT2D eigenvalue weighted by Crippen LogP contribution is -2.44. The first kappa shape index (κ1) is 12.9. The number of aliphatic hydroxyl groups is 1. The molecule has 19 heavy (non-hydrogen) atoms. The largest absolute Gasteiger partial charge is 0.496 e. The Kier molecular flexibility index (Phi) is 3.73. The number of para-hydroxylation sites is 1. The normalized spacial score (nSPS) is 28.3. The molecule has 1 aromatic rings. The van der Waals surface area contributed by atoms with E-state index in [0.29, 0.717) is 18.8 Å². The average molecular weight is 263 g/mol. The molecule has 2 heterocycles. The van der Waals surface area contributed by atoms with Gasteiger partial charge >= 0.3 is 0 Å². The predicted molar refractivity (Wildman–Crippen MR) is 72.3 cm³/mol. The third-order valence-corrected chi connectivity index (χ3v) is 4.05. The van der Waals surface area contributed by atoms with E-state index in [0.717, 1.165) is 37.2 Å². The Morgan fingerprint density at radius 3 is 2.68 bits per heavy atom. The van der Waals surface area contributed by atoms with Crippen molar-refractivity contribution in [3.8, 4) is 5.75 Å². The minimum absolute atomic E-state index is 0.364. The Balaban J connectivity index is 1.66. The van der Waals surface area contributed by atoms with Crippen molar-refractivity contribution in [2.45, 2.75) is 31.2 Å². The van der Waals surface area contributed by atoms with E-state index < -0.39 is 6.10 Å². The van der Waals surface area contributed by atoms with Gasteiger partial charge in [0.15, 0.2) is 0 Å². The molecule has 0 saturated carbocycles. The van der Waals surface area contributed by atoms with Crippen molar-refractivity contribution in [2.24, 2.45) is 0 Å². The molecule has 3 rings (SSSR count). The van der Waals surface area contributed by atoms with Crippen molar-refractivity contribution in [2.75, 3.05) is 26.7 Å². The van der Waals surface area contributed by atoms with Gasteiger partial charge in [-0.25, -0.2) is 0 Å². The van der Waals surface area contributed by atoms with E-state index in [1.165, 1.54) is 0 Å². The Morgan fingerprint density at radius 1 is 1.32 bits per heavy atom. The highest BCUT2D eigenvalue weighted by molar-refractivity contribution is 5.35. The maximum absolute atomic E-state index is 10.4. The standard InChI is InChI=1S/C15H21NO3/c1-18-15-5-3-2-4-13(15)14(17)10-16-8-11-6-7-12(9-16)19-11/h2-5,11-12,14,17H,6-10H2,1H3. The van der Waals surface area contributed by atoms with Gasteiger partial charge in [-0.1, -0.05) is 18.2 Å². The summed E-state index contributed by atoms with van der Waals surface area (Å²) in [4.78, 5) is 2.31. The number of rotatable bonds is 4. The van der Waals surface area contributed by atoms with Crippen molar-refractivity contribution in [1.29, 1.82) is 0 Å². The van der Waals surface area contributed by atoms with Gasteiger partial charge in [0.2, 0.25) is 0 Å². The van der Waals surface area contributed by atoms with Crippen LogP contribution in [0.3, 0.4) is 0 Å². The summed E-state index contributed by atoms with van der Waals surface area (Å²) < 4.78 is 11.1. The number of nitrogens with zero attached hydrogens (tertiary/aromatic N) is 1. The Bertz CT molecular complexity index is 425. The zero-order valence-corrected chi connectivity index (χ0v) is 11.3. The number of likely N-dealkylation sites (tertiary alicyclic amines) is 1. The SMILES string of the molecule is COc1ccccc1C(O)CN1CC2CCC(C1)O2. The van der Waals surface area contributed by atoms with Crippen LogP contribution in [0.25, 0.3) is 0 Å². The van der Waals surface area contributed by atoms with E-state index in [2.05, 4.69) is 4.90 Å². The number of fused-ring (bicyclic) bond motifs is 2. The number of benzene rings is 1. The summed E-state index contributed by atoms with van der Waals surface area (Å²) in [5.74, 6) is 0.756. The lowest BCUT2D eigenvalue weighted by molar-refractivity contribution is -0.0498. The summed E-state index contributed by atoms with van der Waals surface area (Å²) >= 11 is 0. The summed E-state index contributed by atoms with van der Waals surface area (Å²) in [6.07, 6.45) is 2.54. The van der Waals surface area contributed by atoms with Crippen molar-refractivity contribution in [3.63, 3.8) is 0 Å². The smallest absolute Gasteiger partial charge is 0.124 e. The molecule has 2 aliphatic heterocycles. The van der Waals surface area contributed by atoms with Gasteiger partial charge in [0.1, 0.15) is 5.75 Å². The third kappa shape index (κ3) is 2.76. The minimum atomic E-state index is -0.506. The number of ether oxygens (including phenoxy) is 2. The summed E-state index contributed by atoms with van der Waals surface area (Å²) in [5.41, 5.74) is 0.865. The summed E-state index contributed by atoms with van der Waals surface area (Å²) in [7, 11) is 1.64. The van der Waals surface area contributed by atoms with Gasteiger partial charge in [-0.3, -0.25) is 4.90 Å². The first-order valence-corrected chi connectivity index (χ1v) is 6.95. The monoisotopic (exact) mass is 263 g/mol. The molecule has 104 valence electrons. The molecule has 1 aromatic carbocycles. The van der Waals surface area contributed by atoms with Crippen LogP contribution in [0.15, 0.2) is 24.3 Å². The van der Waals surface area contributed by atoms with Crippen LogP contribution in [-0.4, -0.2) is 49.0 Å². The number of morpholine rings is 1. The minimum Gasteiger partial charge on any atom is -0.496 e. The van der Waals surface area contributed by atoms with Crippen LogP contribution in [-0.2, 0) is 4.74 Å². The van der Waals surface area contributed by atoms with Gasteiger partial charge in [-0.2, -0.15) is 0 Å². The van der Waals surface area contributed by atoms with Crippen molar-refractivity contribution < 1.29 is 14.6 Å². The van der Waals surface area contributed by atoms with Crippen LogP contribution in [0.4, 0.5) is 0 Å². The molecule has 2 bridgehead atoms. The molecule has 4 heteroatoms. The molecule has 3 atom stereocenters. The van der Waals surface area contributed by atoms with Crippen LogP contribution in [0.2, 0.25) is 0 Å². The van der Waals surface area contributed by atoms with Crippen molar-refractivity contribution in [3.05, 3.63) is 29.8 Å². The molecule has 2 fully saturated rings. The van der Waals surface area contributed by atoms with Crippen LogP contribution < -0.4 is 4.74 Å². The van der Waals surface area contributed by atoms with Gasteiger partial charge in [0.25, 0.3) is 0 Å². The van der Waals surface area contributed by atoms with Crippen LogP contribution in [0.5, 0.6) is 5.75 Å². The number of aliphatic hydroxyl groups excluding tert-OH is 1.